The zero-order valence-electron chi connectivity index (χ0n) is 15.7. The Morgan fingerprint density at radius 1 is 1.07 bits per heavy atom. The summed E-state index contributed by atoms with van der Waals surface area (Å²) in [6, 6.07) is 11.8. The van der Waals surface area contributed by atoms with Crippen LogP contribution in [-0.4, -0.2) is 24.1 Å². The number of rotatable bonds is 4. The zero-order valence-corrected chi connectivity index (χ0v) is 19.3. The molecule has 0 aliphatic heterocycles. The SMILES string of the molecule is CC(=O)[N-]S(=O)(=O)c1ccc(-n2nc(C(F)(F)F)cc2-c2ccc(Cl)cc2)cc1.[Na+]. The molecule has 0 fully saturated rings. The van der Waals surface area contributed by atoms with E-state index in [4.69, 9.17) is 11.6 Å². The number of carbonyl (C=O) groups is 1. The Bertz CT molecular complexity index is 1160. The smallest absolute Gasteiger partial charge is 0.542 e. The third-order valence-corrected chi connectivity index (χ3v) is 5.38. The standard InChI is InChI=1S/C18H13ClF3N3O3S.Na/c1-11(26)24-29(27,28)15-8-6-14(7-9-15)25-16(10-17(23-25)18(20,21)22)12-2-4-13(19)5-3-12;/h2-10H,1H3,(H,24,26);/q;+1/p-1. The van der Waals surface area contributed by atoms with Crippen molar-refractivity contribution in [3.8, 4) is 16.9 Å². The summed E-state index contributed by atoms with van der Waals surface area (Å²) in [5.41, 5.74) is -0.350. The number of carbonyl (C=O) groups excluding carboxylic acids is 1. The van der Waals surface area contributed by atoms with E-state index < -0.39 is 27.8 Å². The van der Waals surface area contributed by atoms with Crippen molar-refractivity contribution in [1.82, 2.24) is 9.78 Å². The van der Waals surface area contributed by atoms with E-state index in [1.165, 1.54) is 24.3 Å². The third-order valence-electron chi connectivity index (χ3n) is 3.77. The van der Waals surface area contributed by atoms with Crippen molar-refractivity contribution in [3.05, 3.63) is 70.0 Å². The van der Waals surface area contributed by atoms with Gasteiger partial charge in [-0.3, -0.25) is 0 Å². The van der Waals surface area contributed by atoms with E-state index in [0.717, 1.165) is 29.8 Å². The molecule has 0 saturated heterocycles. The number of nitrogens with zero attached hydrogens (tertiary/aromatic N) is 3. The Labute approximate surface area is 197 Å². The van der Waals surface area contributed by atoms with E-state index in [0.29, 0.717) is 10.6 Å². The molecule has 0 aliphatic rings. The quantitative estimate of drug-likeness (QED) is 0.550. The van der Waals surface area contributed by atoms with Gasteiger partial charge in [0.15, 0.2) is 5.69 Å². The Kier molecular flexibility index (Phi) is 7.41. The van der Waals surface area contributed by atoms with Crippen LogP contribution in [0.15, 0.2) is 59.5 Å². The van der Waals surface area contributed by atoms with Crippen LogP contribution in [0.3, 0.4) is 0 Å². The van der Waals surface area contributed by atoms with Gasteiger partial charge in [0, 0.05) is 10.6 Å². The van der Waals surface area contributed by atoms with Crippen molar-refractivity contribution in [2.45, 2.75) is 18.0 Å². The fourth-order valence-electron chi connectivity index (χ4n) is 2.52. The topological polar surface area (TPSA) is 83.1 Å². The molecule has 2 aromatic carbocycles. The fourth-order valence-corrected chi connectivity index (χ4v) is 3.57. The van der Waals surface area contributed by atoms with Gasteiger partial charge in [-0.05, 0) is 49.4 Å². The van der Waals surface area contributed by atoms with Gasteiger partial charge < -0.3 is 9.52 Å². The van der Waals surface area contributed by atoms with Crippen LogP contribution in [0.5, 0.6) is 0 Å². The molecule has 6 nitrogen and oxygen atoms in total. The maximum atomic E-state index is 13.2. The Balaban J connectivity index is 0.00000320. The van der Waals surface area contributed by atoms with Gasteiger partial charge in [0.05, 0.1) is 22.2 Å². The molecule has 3 rings (SSSR count). The molecule has 0 saturated carbocycles. The molecular formula is C18H12ClF3N3NaO3S. The molecule has 0 bridgehead atoms. The maximum Gasteiger partial charge on any atom is 1.00 e. The molecule has 0 atom stereocenters. The van der Waals surface area contributed by atoms with Crippen LogP contribution in [0.4, 0.5) is 13.2 Å². The molecule has 0 aliphatic carbocycles. The first-order chi connectivity index (χ1) is 13.5. The first-order valence-electron chi connectivity index (χ1n) is 7.99. The number of hydrogen-bond acceptors (Lipinski definition) is 4. The fraction of sp³-hybridized carbons (Fsp3) is 0.111. The number of benzene rings is 2. The van der Waals surface area contributed by atoms with Crippen LogP contribution in [0.25, 0.3) is 21.7 Å². The third kappa shape index (κ3) is 5.44. The van der Waals surface area contributed by atoms with E-state index in [1.54, 1.807) is 12.1 Å². The van der Waals surface area contributed by atoms with Gasteiger partial charge >= 0.3 is 35.7 Å². The van der Waals surface area contributed by atoms with Crippen LogP contribution < -0.4 is 29.6 Å². The van der Waals surface area contributed by atoms with Gasteiger partial charge in [-0.25, -0.2) is 13.1 Å². The maximum absolute atomic E-state index is 13.2. The minimum Gasteiger partial charge on any atom is -0.542 e. The average Bonchev–Trinajstić information content (AvgIpc) is 3.07. The summed E-state index contributed by atoms with van der Waals surface area (Å²) in [7, 11) is -4.19. The number of hydrogen-bond donors (Lipinski definition) is 0. The van der Waals surface area contributed by atoms with Gasteiger partial charge in [0.1, 0.15) is 10.0 Å². The van der Waals surface area contributed by atoms with E-state index in [9.17, 15) is 26.4 Å². The number of amides is 1. The molecule has 1 heterocycles. The van der Waals surface area contributed by atoms with Crippen LogP contribution >= 0.6 is 11.6 Å². The molecule has 30 heavy (non-hydrogen) atoms. The first-order valence-corrected chi connectivity index (χ1v) is 9.81. The van der Waals surface area contributed by atoms with E-state index in [1.807, 2.05) is 0 Å². The largest absolute Gasteiger partial charge is 1.00 e. The molecule has 0 N–H and O–H groups in total. The summed E-state index contributed by atoms with van der Waals surface area (Å²) >= 11 is 5.84. The van der Waals surface area contributed by atoms with Crippen LogP contribution in [-0.2, 0) is 21.0 Å². The normalized spacial score (nSPS) is 11.6. The van der Waals surface area contributed by atoms with Crippen molar-refractivity contribution in [2.75, 3.05) is 0 Å². The minimum absolute atomic E-state index is 0. The molecule has 0 radical (unpaired) electrons. The molecule has 0 spiro atoms. The predicted octanol–water partition coefficient (Wildman–Crippen LogP) is 1.82. The number of aromatic nitrogens is 2. The summed E-state index contributed by atoms with van der Waals surface area (Å²) in [5.74, 6) is -0.888. The molecule has 1 aromatic heterocycles. The monoisotopic (exact) mass is 465 g/mol. The van der Waals surface area contributed by atoms with Gasteiger partial charge in [-0.15, -0.1) is 0 Å². The molecule has 1 amide bonds. The summed E-state index contributed by atoms with van der Waals surface area (Å²) in [4.78, 5) is 10.7. The van der Waals surface area contributed by atoms with Crippen molar-refractivity contribution >= 4 is 27.5 Å². The number of halogens is 4. The second-order valence-electron chi connectivity index (χ2n) is 5.91. The Morgan fingerprint density at radius 3 is 2.13 bits per heavy atom. The Morgan fingerprint density at radius 2 is 1.63 bits per heavy atom. The van der Waals surface area contributed by atoms with E-state index in [-0.39, 0.29) is 45.8 Å². The number of alkyl halides is 3. The predicted molar refractivity (Wildman–Crippen MR) is 100 cm³/mol. The summed E-state index contributed by atoms with van der Waals surface area (Å²) in [6.07, 6.45) is -4.67. The minimum atomic E-state index is -4.67. The summed E-state index contributed by atoms with van der Waals surface area (Å²) in [6.45, 7) is 0.993. The van der Waals surface area contributed by atoms with Crippen LogP contribution in [0.1, 0.15) is 12.6 Å². The summed E-state index contributed by atoms with van der Waals surface area (Å²) in [5, 5.41) is 4.04. The zero-order chi connectivity index (χ0) is 21.4. The first kappa shape index (κ1) is 24.4. The van der Waals surface area contributed by atoms with Gasteiger partial charge in [-0.2, -0.15) is 18.3 Å². The van der Waals surface area contributed by atoms with Crippen molar-refractivity contribution in [3.63, 3.8) is 0 Å². The Hall–Kier alpha value is -1.85. The van der Waals surface area contributed by atoms with Crippen molar-refractivity contribution in [2.24, 2.45) is 0 Å². The second-order valence-corrected chi connectivity index (χ2v) is 7.95. The molecule has 152 valence electrons. The molecule has 12 heteroatoms. The second kappa shape index (κ2) is 9.11. The molecular weight excluding hydrogens is 454 g/mol. The van der Waals surface area contributed by atoms with E-state index in [2.05, 4.69) is 9.82 Å². The van der Waals surface area contributed by atoms with Crippen LogP contribution in [0.2, 0.25) is 5.02 Å². The number of sulfonamides is 1. The van der Waals surface area contributed by atoms with E-state index >= 15 is 0 Å². The molecule has 3 aromatic rings. The average molecular weight is 466 g/mol. The van der Waals surface area contributed by atoms with Crippen LogP contribution in [0, 0.1) is 0 Å². The van der Waals surface area contributed by atoms with Gasteiger partial charge in [0.25, 0.3) is 0 Å². The van der Waals surface area contributed by atoms with Crippen molar-refractivity contribution in [1.29, 1.82) is 0 Å². The summed E-state index contributed by atoms with van der Waals surface area (Å²) < 4.78 is 67.6. The van der Waals surface area contributed by atoms with Gasteiger partial charge in [-0.1, -0.05) is 23.7 Å². The van der Waals surface area contributed by atoms with Gasteiger partial charge in [0.2, 0.25) is 0 Å². The molecule has 0 unspecified atom stereocenters. The van der Waals surface area contributed by atoms with Crippen molar-refractivity contribution < 1.29 is 55.9 Å².